The Kier molecular flexibility index (Phi) is 5.79. The summed E-state index contributed by atoms with van der Waals surface area (Å²) in [7, 11) is 1.75. The lowest BCUT2D eigenvalue weighted by Crippen LogP contribution is -2.59. The maximum absolute atomic E-state index is 12.8. The number of alkyl halides is 3. The largest absolute Gasteiger partial charge is 0.573 e. The van der Waals surface area contributed by atoms with Gasteiger partial charge in [-0.3, -0.25) is 9.58 Å². The molecule has 3 atom stereocenters. The van der Waals surface area contributed by atoms with Crippen molar-refractivity contribution in [1.29, 1.82) is 0 Å². The van der Waals surface area contributed by atoms with Gasteiger partial charge in [-0.2, -0.15) is 5.10 Å². The van der Waals surface area contributed by atoms with Gasteiger partial charge in [-0.05, 0) is 56.6 Å². The Bertz CT molecular complexity index is 1040. The molecule has 2 aromatic heterocycles. The highest BCUT2D eigenvalue weighted by atomic mass is 19.4. The zero-order valence-electron chi connectivity index (χ0n) is 19.8. The summed E-state index contributed by atoms with van der Waals surface area (Å²) in [5, 5.41) is 4.81. The first-order valence-corrected chi connectivity index (χ1v) is 12.0. The van der Waals surface area contributed by atoms with E-state index in [2.05, 4.69) is 33.2 Å². The summed E-state index contributed by atoms with van der Waals surface area (Å²) in [4.78, 5) is 6.50. The second-order valence-electron chi connectivity index (χ2n) is 10.0. The lowest BCUT2D eigenvalue weighted by atomic mass is 9.78. The Morgan fingerprint density at radius 3 is 2.59 bits per heavy atom. The van der Waals surface area contributed by atoms with Crippen LogP contribution in [0, 0.1) is 11.8 Å². The Hall–Kier alpha value is -2.33. The van der Waals surface area contributed by atoms with Crippen LogP contribution >= 0.6 is 0 Å². The zero-order valence-corrected chi connectivity index (χ0v) is 19.8. The van der Waals surface area contributed by atoms with Crippen LogP contribution in [0.2, 0.25) is 0 Å². The topological polar surface area (TPSA) is 78.4 Å². The minimum atomic E-state index is -4.84. The second-order valence-corrected chi connectivity index (χ2v) is 10.0. The van der Waals surface area contributed by atoms with Crippen LogP contribution in [-0.2, 0) is 4.74 Å². The van der Waals surface area contributed by atoms with Gasteiger partial charge in [0.05, 0.1) is 12.3 Å². The van der Waals surface area contributed by atoms with Crippen molar-refractivity contribution < 1.29 is 22.6 Å². The molecule has 5 rings (SSSR count). The fraction of sp³-hybridized carbons (Fsp3) is 0.667. The number of hydrogen-bond donors (Lipinski definition) is 1. The van der Waals surface area contributed by atoms with Gasteiger partial charge in [-0.25, -0.2) is 4.98 Å². The van der Waals surface area contributed by atoms with Crippen molar-refractivity contribution in [1.82, 2.24) is 19.7 Å². The SMILES string of the molecule is CCC(C)n1nc(-c2cnc(N)c(OC(F)(F)F)c2)cc1C1C2CC3(CCN3CCOC)CC21. The van der Waals surface area contributed by atoms with Crippen molar-refractivity contribution in [3.8, 4) is 17.0 Å². The van der Waals surface area contributed by atoms with Crippen LogP contribution in [0.15, 0.2) is 18.3 Å². The lowest BCUT2D eigenvalue weighted by molar-refractivity contribution is -0.274. The van der Waals surface area contributed by atoms with Gasteiger partial charge in [-0.1, -0.05) is 6.92 Å². The molecule has 2 N–H and O–H groups in total. The van der Waals surface area contributed by atoms with E-state index in [0.29, 0.717) is 34.6 Å². The third-order valence-corrected chi connectivity index (χ3v) is 8.16. The van der Waals surface area contributed by atoms with Crippen molar-refractivity contribution >= 4 is 5.82 Å². The lowest BCUT2D eigenvalue weighted by Gasteiger charge is -2.52. The van der Waals surface area contributed by atoms with Gasteiger partial charge in [0, 0.05) is 55.2 Å². The van der Waals surface area contributed by atoms with Crippen molar-refractivity contribution in [2.75, 3.05) is 32.5 Å². The van der Waals surface area contributed by atoms with E-state index in [1.165, 1.54) is 37.2 Å². The minimum absolute atomic E-state index is 0.188. The van der Waals surface area contributed by atoms with Crippen molar-refractivity contribution in [3.63, 3.8) is 0 Å². The predicted octanol–water partition coefficient (Wildman–Crippen LogP) is 4.61. The average molecular weight is 480 g/mol. The first-order valence-electron chi connectivity index (χ1n) is 12.0. The van der Waals surface area contributed by atoms with Gasteiger partial charge in [0.25, 0.3) is 0 Å². The third kappa shape index (κ3) is 4.04. The highest BCUT2D eigenvalue weighted by molar-refractivity contribution is 5.64. The van der Waals surface area contributed by atoms with E-state index in [1.54, 1.807) is 7.11 Å². The van der Waals surface area contributed by atoms with Crippen LogP contribution in [-0.4, -0.2) is 58.4 Å². The number of nitrogens with zero attached hydrogens (tertiary/aromatic N) is 4. The molecule has 0 bridgehead atoms. The highest BCUT2D eigenvalue weighted by Gasteiger charge is 2.66. The summed E-state index contributed by atoms with van der Waals surface area (Å²) in [6.07, 6.45) is 1.17. The van der Waals surface area contributed by atoms with E-state index < -0.39 is 12.1 Å². The molecule has 3 aliphatic rings. The van der Waals surface area contributed by atoms with Crippen molar-refractivity contribution in [3.05, 3.63) is 24.0 Å². The van der Waals surface area contributed by atoms with Crippen LogP contribution in [0.3, 0.4) is 0 Å². The van der Waals surface area contributed by atoms with E-state index in [0.717, 1.165) is 26.1 Å². The Labute approximate surface area is 197 Å². The van der Waals surface area contributed by atoms with Gasteiger partial charge in [0.2, 0.25) is 0 Å². The molecule has 34 heavy (non-hydrogen) atoms. The normalized spacial score (nSPS) is 29.2. The molecule has 2 aliphatic carbocycles. The van der Waals surface area contributed by atoms with Crippen LogP contribution in [0.4, 0.5) is 19.0 Å². The molecule has 0 aromatic carbocycles. The number of aromatic nitrogens is 3. The maximum atomic E-state index is 12.8. The highest BCUT2D eigenvalue weighted by Crippen LogP contribution is 2.69. The number of fused-ring (bicyclic) bond motifs is 1. The zero-order chi connectivity index (χ0) is 24.3. The number of ether oxygens (including phenoxy) is 2. The molecule has 1 saturated heterocycles. The fourth-order valence-corrected chi connectivity index (χ4v) is 6.13. The van der Waals surface area contributed by atoms with Gasteiger partial charge in [0.1, 0.15) is 0 Å². The van der Waals surface area contributed by atoms with E-state index in [1.807, 2.05) is 6.07 Å². The molecule has 7 nitrogen and oxygen atoms in total. The number of rotatable bonds is 8. The molecule has 0 radical (unpaired) electrons. The van der Waals surface area contributed by atoms with Gasteiger partial charge in [-0.15, -0.1) is 13.2 Å². The molecule has 2 saturated carbocycles. The number of halogens is 3. The smallest absolute Gasteiger partial charge is 0.402 e. The van der Waals surface area contributed by atoms with E-state index in [4.69, 9.17) is 15.6 Å². The summed E-state index contributed by atoms with van der Waals surface area (Å²) in [5.41, 5.74) is 8.18. The molecule has 1 aliphatic heterocycles. The molecule has 186 valence electrons. The minimum Gasteiger partial charge on any atom is -0.402 e. The van der Waals surface area contributed by atoms with E-state index in [9.17, 15) is 13.2 Å². The average Bonchev–Trinajstić information content (AvgIpc) is 3.13. The van der Waals surface area contributed by atoms with Crippen LogP contribution in [0.1, 0.15) is 57.2 Å². The van der Waals surface area contributed by atoms with Crippen molar-refractivity contribution in [2.24, 2.45) is 11.8 Å². The van der Waals surface area contributed by atoms with E-state index >= 15 is 0 Å². The third-order valence-electron chi connectivity index (χ3n) is 8.16. The molecule has 3 fully saturated rings. The second kappa shape index (κ2) is 8.41. The molecule has 1 spiro atoms. The molecule has 0 amide bonds. The molecule has 2 aromatic rings. The number of pyridine rings is 1. The molecule has 3 unspecified atom stereocenters. The van der Waals surface area contributed by atoms with Gasteiger partial charge >= 0.3 is 6.36 Å². The maximum Gasteiger partial charge on any atom is 0.573 e. The van der Waals surface area contributed by atoms with Crippen LogP contribution in [0.5, 0.6) is 5.75 Å². The molecule has 3 heterocycles. The summed E-state index contributed by atoms with van der Waals surface area (Å²) in [6, 6.07) is 3.48. The number of anilines is 1. The number of likely N-dealkylation sites (tertiary alicyclic amines) is 1. The number of methoxy groups -OCH3 is 1. The predicted molar refractivity (Wildman–Crippen MR) is 121 cm³/mol. The fourth-order valence-electron chi connectivity index (χ4n) is 6.13. The molecular formula is C24H32F3N5O2. The Balaban J connectivity index is 1.39. The first kappa shape index (κ1) is 23.4. The van der Waals surface area contributed by atoms with Crippen LogP contribution in [0.25, 0.3) is 11.3 Å². The Morgan fingerprint density at radius 2 is 2.00 bits per heavy atom. The van der Waals surface area contributed by atoms with Crippen molar-refractivity contribution in [2.45, 2.75) is 63.4 Å². The summed E-state index contributed by atoms with van der Waals surface area (Å²) >= 11 is 0. The standard InChI is InChI=1S/C24H32F3N5O2/c1-4-14(2)32-19(21-16-11-23(12-17(16)21)5-6-31(23)7-8-33-3)10-18(30-32)15-9-20(22(28)29-13-15)34-24(25,26)27/h9-10,13-14,16-17,21H,4-8,11-12H2,1-3H3,(H2,28,29). The number of hydrogen-bond acceptors (Lipinski definition) is 6. The number of nitrogen functional groups attached to an aromatic ring is 1. The Morgan fingerprint density at radius 1 is 1.26 bits per heavy atom. The first-order chi connectivity index (χ1) is 16.2. The monoisotopic (exact) mass is 479 g/mol. The van der Waals surface area contributed by atoms with Crippen LogP contribution < -0.4 is 10.5 Å². The van der Waals surface area contributed by atoms with Gasteiger partial charge < -0.3 is 15.2 Å². The summed E-state index contributed by atoms with van der Waals surface area (Å²) in [6.45, 7) is 7.13. The van der Waals surface area contributed by atoms with E-state index in [-0.39, 0.29) is 11.9 Å². The number of nitrogens with two attached hydrogens (primary N) is 1. The van der Waals surface area contributed by atoms with Gasteiger partial charge in [0.15, 0.2) is 11.6 Å². The summed E-state index contributed by atoms with van der Waals surface area (Å²) in [5.74, 6) is 0.898. The molecule has 10 heteroatoms. The summed E-state index contributed by atoms with van der Waals surface area (Å²) < 4.78 is 49.7. The quantitative estimate of drug-likeness (QED) is 0.596. The molecular weight excluding hydrogens is 447 g/mol.